The first-order valence-electron chi connectivity index (χ1n) is 8.66. The molecule has 120 valence electrons. The molecule has 4 heteroatoms. The summed E-state index contributed by atoms with van der Waals surface area (Å²) in [4.78, 5) is 2.67. The van der Waals surface area contributed by atoms with Gasteiger partial charge in [0.05, 0.1) is 11.4 Å². The van der Waals surface area contributed by atoms with Gasteiger partial charge in [-0.2, -0.15) is 5.10 Å². The topological polar surface area (TPSA) is 33.1 Å². The molecule has 1 N–H and O–H groups in total. The molecule has 0 bridgehead atoms. The molecule has 0 aliphatic carbocycles. The normalized spacial score (nSPS) is 21.6. The Morgan fingerprint density at radius 2 is 2.19 bits per heavy atom. The van der Waals surface area contributed by atoms with Gasteiger partial charge in [0, 0.05) is 25.2 Å². The Hall–Kier alpha value is -0.870. The average Bonchev–Trinajstić information content (AvgIpc) is 2.85. The van der Waals surface area contributed by atoms with Crippen LogP contribution in [0.15, 0.2) is 6.07 Å². The summed E-state index contributed by atoms with van der Waals surface area (Å²) in [5.74, 6) is 0. The van der Waals surface area contributed by atoms with Crippen molar-refractivity contribution in [3.05, 3.63) is 17.5 Å². The molecule has 2 rings (SSSR count). The number of likely N-dealkylation sites (tertiary alicyclic amines) is 1. The van der Waals surface area contributed by atoms with Gasteiger partial charge in [-0.05, 0) is 59.2 Å². The Bertz CT molecular complexity index is 426. The quantitative estimate of drug-likeness (QED) is 0.839. The largest absolute Gasteiger partial charge is 0.313 e. The van der Waals surface area contributed by atoms with Crippen molar-refractivity contribution >= 4 is 0 Å². The van der Waals surface area contributed by atoms with Gasteiger partial charge in [-0.3, -0.25) is 9.58 Å². The van der Waals surface area contributed by atoms with Gasteiger partial charge < -0.3 is 5.32 Å². The summed E-state index contributed by atoms with van der Waals surface area (Å²) >= 11 is 0. The second kappa shape index (κ2) is 7.95. The molecule has 1 aromatic rings. The monoisotopic (exact) mass is 292 g/mol. The molecule has 0 aromatic carbocycles. The molecule has 21 heavy (non-hydrogen) atoms. The van der Waals surface area contributed by atoms with E-state index in [1.54, 1.807) is 0 Å². The summed E-state index contributed by atoms with van der Waals surface area (Å²) in [5.41, 5.74) is 2.50. The molecule has 2 atom stereocenters. The van der Waals surface area contributed by atoms with E-state index in [2.05, 4.69) is 53.8 Å². The lowest BCUT2D eigenvalue weighted by molar-refractivity contribution is 0.108. The highest BCUT2D eigenvalue weighted by Gasteiger charge is 2.27. The summed E-state index contributed by atoms with van der Waals surface area (Å²) in [5, 5.41) is 8.28. The van der Waals surface area contributed by atoms with Crippen molar-refractivity contribution in [1.29, 1.82) is 0 Å². The van der Waals surface area contributed by atoms with Crippen LogP contribution in [0.5, 0.6) is 0 Å². The van der Waals surface area contributed by atoms with Crippen LogP contribution < -0.4 is 5.32 Å². The molecule has 0 amide bonds. The fourth-order valence-electron chi connectivity index (χ4n) is 3.50. The third-order valence-electron chi connectivity index (χ3n) is 4.61. The molecule has 4 nitrogen and oxygen atoms in total. The SMILES string of the molecule is CCCNC(C)C1CCCCN1Cc1cc(C)nn1CC. The van der Waals surface area contributed by atoms with Crippen LogP contribution in [0.3, 0.4) is 0 Å². The van der Waals surface area contributed by atoms with Crippen LogP contribution in [0.25, 0.3) is 0 Å². The summed E-state index contributed by atoms with van der Waals surface area (Å²) in [7, 11) is 0. The van der Waals surface area contributed by atoms with Crippen molar-refractivity contribution in [2.24, 2.45) is 0 Å². The minimum absolute atomic E-state index is 0.573. The molecule has 0 saturated carbocycles. The molecular weight excluding hydrogens is 260 g/mol. The molecule has 1 aromatic heterocycles. The highest BCUT2D eigenvalue weighted by Crippen LogP contribution is 2.22. The maximum atomic E-state index is 4.59. The van der Waals surface area contributed by atoms with Gasteiger partial charge in [0.25, 0.3) is 0 Å². The lowest BCUT2D eigenvalue weighted by Crippen LogP contribution is -2.50. The molecule has 2 unspecified atom stereocenters. The minimum atomic E-state index is 0.573. The number of aromatic nitrogens is 2. The van der Waals surface area contributed by atoms with Gasteiger partial charge in [0.2, 0.25) is 0 Å². The van der Waals surface area contributed by atoms with Crippen molar-refractivity contribution in [2.45, 2.75) is 78.6 Å². The Balaban J connectivity index is 2.04. The summed E-state index contributed by atoms with van der Waals surface area (Å²) in [6, 6.07) is 3.48. The molecule has 1 saturated heterocycles. The number of piperidine rings is 1. The van der Waals surface area contributed by atoms with Crippen LogP contribution in [-0.2, 0) is 13.1 Å². The highest BCUT2D eigenvalue weighted by molar-refractivity contribution is 5.09. The number of aryl methyl sites for hydroxylation is 2. The molecule has 0 radical (unpaired) electrons. The van der Waals surface area contributed by atoms with E-state index >= 15 is 0 Å². The van der Waals surface area contributed by atoms with Crippen molar-refractivity contribution in [3.63, 3.8) is 0 Å². The zero-order valence-electron chi connectivity index (χ0n) is 14.2. The van der Waals surface area contributed by atoms with Crippen LogP contribution in [-0.4, -0.2) is 39.9 Å². The van der Waals surface area contributed by atoms with Gasteiger partial charge in [-0.1, -0.05) is 13.3 Å². The van der Waals surface area contributed by atoms with E-state index in [4.69, 9.17) is 0 Å². The van der Waals surface area contributed by atoms with Gasteiger partial charge in [0.15, 0.2) is 0 Å². The van der Waals surface area contributed by atoms with Crippen molar-refractivity contribution < 1.29 is 0 Å². The molecule has 1 aliphatic heterocycles. The van der Waals surface area contributed by atoms with E-state index in [0.29, 0.717) is 12.1 Å². The first-order chi connectivity index (χ1) is 10.2. The van der Waals surface area contributed by atoms with Crippen molar-refractivity contribution in [3.8, 4) is 0 Å². The van der Waals surface area contributed by atoms with Crippen LogP contribution in [0, 0.1) is 6.92 Å². The second-order valence-electron chi connectivity index (χ2n) is 6.37. The fourth-order valence-corrected chi connectivity index (χ4v) is 3.50. The predicted molar refractivity (Wildman–Crippen MR) is 88.4 cm³/mol. The summed E-state index contributed by atoms with van der Waals surface area (Å²) in [6.07, 6.45) is 5.22. The van der Waals surface area contributed by atoms with Crippen LogP contribution in [0.1, 0.15) is 57.8 Å². The first kappa shape index (κ1) is 16.5. The second-order valence-corrected chi connectivity index (χ2v) is 6.37. The Labute approximate surface area is 129 Å². The zero-order valence-corrected chi connectivity index (χ0v) is 14.2. The standard InChI is InChI=1S/C17H32N4/c1-5-10-18-15(4)17-9-7-8-11-20(17)13-16-12-14(3)19-21(16)6-2/h12,15,17-18H,5-11,13H2,1-4H3. The van der Waals surface area contributed by atoms with E-state index < -0.39 is 0 Å². The lowest BCUT2D eigenvalue weighted by Gasteiger charge is -2.39. The smallest absolute Gasteiger partial charge is 0.0597 e. The lowest BCUT2D eigenvalue weighted by atomic mass is 9.96. The Morgan fingerprint density at radius 1 is 1.38 bits per heavy atom. The van der Waals surface area contributed by atoms with Gasteiger partial charge >= 0.3 is 0 Å². The van der Waals surface area contributed by atoms with Crippen LogP contribution >= 0.6 is 0 Å². The number of hydrogen-bond acceptors (Lipinski definition) is 3. The maximum absolute atomic E-state index is 4.59. The molecular formula is C17H32N4. The van der Waals surface area contributed by atoms with Crippen LogP contribution in [0.4, 0.5) is 0 Å². The first-order valence-corrected chi connectivity index (χ1v) is 8.66. The minimum Gasteiger partial charge on any atom is -0.313 e. The van der Waals surface area contributed by atoms with Crippen molar-refractivity contribution in [2.75, 3.05) is 13.1 Å². The fraction of sp³-hybridized carbons (Fsp3) is 0.824. The summed E-state index contributed by atoms with van der Waals surface area (Å²) < 4.78 is 2.16. The van der Waals surface area contributed by atoms with E-state index in [1.807, 2.05) is 0 Å². The zero-order chi connectivity index (χ0) is 15.2. The van der Waals surface area contributed by atoms with E-state index in [-0.39, 0.29) is 0 Å². The van der Waals surface area contributed by atoms with Crippen molar-refractivity contribution in [1.82, 2.24) is 20.0 Å². The van der Waals surface area contributed by atoms with Gasteiger partial charge in [-0.25, -0.2) is 0 Å². The summed E-state index contributed by atoms with van der Waals surface area (Å²) in [6.45, 7) is 13.2. The van der Waals surface area contributed by atoms with Gasteiger partial charge in [-0.15, -0.1) is 0 Å². The Kier molecular flexibility index (Phi) is 6.24. The molecule has 1 fully saturated rings. The van der Waals surface area contributed by atoms with E-state index in [1.165, 1.54) is 37.9 Å². The molecule has 1 aliphatic rings. The highest BCUT2D eigenvalue weighted by atomic mass is 15.3. The molecule has 2 heterocycles. The van der Waals surface area contributed by atoms with Gasteiger partial charge in [0.1, 0.15) is 0 Å². The number of rotatable bonds is 7. The van der Waals surface area contributed by atoms with E-state index in [0.717, 1.165) is 25.3 Å². The maximum Gasteiger partial charge on any atom is 0.0597 e. The average molecular weight is 292 g/mol. The third-order valence-corrected chi connectivity index (χ3v) is 4.61. The number of hydrogen-bond donors (Lipinski definition) is 1. The number of nitrogens with zero attached hydrogens (tertiary/aromatic N) is 3. The Morgan fingerprint density at radius 3 is 2.90 bits per heavy atom. The third kappa shape index (κ3) is 4.30. The molecule has 0 spiro atoms. The number of nitrogens with one attached hydrogen (secondary N) is 1. The predicted octanol–water partition coefficient (Wildman–Crippen LogP) is 2.95. The van der Waals surface area contributed by atoms with Crippen LogP contribution in [0.2, 0.25) is 0 Å². The van der Waals surface area contributed by atoms with E-state index in [9.17, 15) is 0 Å².